The molecule has 2 unspecified atom stereocenters. The molecule has 2 heteroatoms. The van der Waals surface area contributed by atoms with Gasteiger partial charge in [-0.2, -0.15) is 0 Å². The van der Waals surface area contributed by atoms with Crippen molar-refractivity contribution >= 4 is 0 Å². The molecule has 2 aliphatic rings. The van der Waals surface area contributed by atoms with E-state index in [-0.39, 0.29) is 0 Å². The molecular weight excluding hydrogens is 316 g/mol. The minimum Gasteiger partial charge on any atom is -0.253 e. The highest BCUT2D eigenvalue weighted by Crippen LogP contribution is 2.39. The van der Waals surface area contributed by atoms with E-state index in [1.54, 1.807) is 0 Å². The summed E-state index contributed by atoms with van der Waals surface area (Å²) < 4.78 is 0. The summed E-state index contributed by atoms with van der Waals surface area (Å²) in [6.45, 7) is 0. The van der Waals surface area contributed by atoms with Crippen molar-refractivity contribution in [3.63, 3.8) is 0 Å². The first-order valence-electron chi connectivity index (χ1n) is 9.89. The second-order valence-corrected chi connectivity index (χ2v) is 7.60. The maximum atomic E-state index is 5.22. The molecule has 0 aliphatic heterocycles. The van der Waals surface area contributed by atoms with Gasteiger partial charge in [0.05, 0.1) is 22.8 Å². The van der Waals surface area contributed by atoms with Crippen LogP contribution >= 0.6 is 0 Å². The summed E-state index contributed by atoms with van der Waals surface area (Å²) in [5.41, 5.74) is 7.75. The first-order chi connectivity index (χ1) is 12.9. The zero-order chi connectivity index (χ0) is 17.3. The van der Waals surface area contributed by atoms with Crippen molar-refractivity contribution in [1.29, 1.82) is 0 Å². The van der Waals surface area contributed by atoms with E-state index in [9.17, 15) is 0 Å². The molecule has 3 aromatic rings. The van der Waals surface area contributed by atoms with Crippen LogP contribution < -0.4 is 0 Å². The molecule has 130 valence electrons. The molecule has 0 spiro atoms. The van der Waals surface area contributed by atoms with Gasteiger partial charge in [0.15, 0.2) is 0 Å². The van der Waals surface area contributed by atoms with Crippen LogP contribution in [0.15, 0.2) is 60.7 Å². The minimum atomic E-state index is 0.412. The third-order valence-corrected chi connectivity index (χ3v) is 5.98. The van der Waals surface area contributed by atoms with Crippen molar-refractivity contribution in [3.05, 3.63) is 94.6 Å². The molecule has 5 rings (SSSR count). The third kappa shape index (κ3) is 2.74. The van der Waals surface area contributed by atoms with Crippen LogP contribution in [0.4, 0.5) is 0 Å². The molecule has 0 amide bonds. The van der Waals surface area contributed by atoms with Crippen LogP contribution in [-0.4, -0.2) is 9.97 Å². The lowest BCUT2D eigenvalue weighted by Crippen LogP contribution is -2.22. The van der Waals surface area contributed by atoms with E-state index in [1.165, 1.54) is 59.6 Å². The van der Waals surface area contributed by atoms with Crippen LogP contribution in [0.25, 0.3) is 0 Å². The Morgan fingerprint density at radius 3 is 1.42 bits per heavy atom. The summed E-state index contributed by atoms with van der Waals surface area (Å²) >= 11 is 0. The summed E-state index contributed by atoms with van der Waals surface area (Å²) in [7, 11) is 0. The van der Waals surface area contributed by atoms with Gasteiger partial charge in [-0.25, -0.2) is 0 Å². The predicted molar refractivity (Wildman–Crippen MR) is 104 cm³/mol. The third-order valence-electron chi connectivity index (χ3n) is 5.98. The van der Waals surface area contributed by atoms with Crippen molar-refractivity contribution < 1.29 is 0 Å². The van der Waals surface area contributed by atoms with Crippen molar-refractivity contribution in [2.24, 2.45) is 0 Å². The van der Waals surface area contributed by atoms with E-state index in [1.807, 2.05) is 0 Å². The lowest BCUT2D eigenvalue weighted by molar-refractivity contribution is 0.538. The fourth-order valence-corrected chi connectivity index (χ4v) is 4.70. The normalized spacial score (nSPS) is 21.7. The first kappa shape index (κ1) is 15.7. The molecule has 2 atom stereocenters. The SMILES string of the molecule is c1ccc(C2CCCc3nc4c(nc32)CCCC4c2ccccc2)cc1. The molecule has 1 aromatic heterocycles. The zero-order valence-corrected chi connectivity index (χ0v) is 15.1. The van der Waals surface area contributed by atoms with E-state index in [4.69, 9.17) is 9.97 Å². The number of benzene rings is 2. The van der Waals surface area contributed by atoms with Gasteiger partial charge in [-0.15, -0.1) is 0 Å². The van der Waals surface area contributed by atoms with Gasteiger partial charge in [-0.05, 0) is 49.7 Å². The maximum absolute atomic E-state index is 5.22. The van der Waals surface area contributed by atoms with E-state index >= 15 is 0 Å². The average Bonchev–Trinajstić information content (AvgIpc) is 2.72. The monoisotopic (exact) mass is 340 g/mol. The van der Waals surface area contributed by atoms with E-state index < -0.39 is 0 Å². The van der Waals surface area contributed by atoms with Gasteiger partial charge in [0.1, 0.15) is 0 Å². The molecule has 2 nitrogen and oxygen atoms in total. The Morgan fingerprint density at radius 1 is 0.577 bits per heavy atom. The molecule has 1 heterocycles. The molecule has 0 saturated heterocycles. The van der Waals surface area contributed by atoms with E-state index in [2.05, 4.69) is 60.7 Å². The van der Waals surface area contributed by atoms with E-state index in [0.717, 1.165) is 12.8 Å². The number of hydrogen-bond donors (Lipinski definition) is 0. The van der Waals surface area contributed by atoms with Crippen LogP contribution in [0.5, 0.6) is 0 Å². The second kappa shape index (κ2) is 6.68. The average molecular weight is 340 g/mol. The molecule has 26 heavy (non-hydrogen) atoms. The maximum Gasteiger partial charge on any atom is 0.0696 e. The molecule has 0 N–H and O–H groups in total. The van der Waals surface area contributed by atoms with Crippen molar-refractivity contribution in [2.75, 3.05) is 0 Å². The fraction of sp³-hybridized carbons (Fsp3) is 0.333. The van der Waals surface area contributed by atoms with Crippen molar-refractivity contribution in [3.8, 4) is 0 Å². The lowest BCUT2D eigenvalue weighted by Gasteiger charge is -2.30. The van der Waals surface area contributed by atoms with Gasteiger partial charge in [-0.3, -0.25) is 9.97 Å². The van der Waals surface area contributed by atoms with Crippen LogP contribution in [-0.2, 0) is 12.8 Å². The summed E-state index contributed by atoms with van der Waals surface area (Å²) in [4.78, 5) is 10.4. The Labute approximate surface area is 155 Å². The van der Waals surface area contributed by atoms with Crippen LogP contribution in [0, 0.1) is 0 Å². The first-order valence-corrected chi connectivity index (χ1v) is 9.89. The van der Waals surface area contributed by atoms with Gasteiger partial charge in [-0.1, -0.05) is 60.7 Å². The smallest absolute Gasteiger partial charge is 0.0696 e. The fourth-order valence-electron chi connectivity index (χ4n) is 4.70. The van der Waals surface area contributed by atoms with Gasteiger partial charge >= 0.3 is 0 Å². The highest BCUT2D eigenvalue weighted by molar-refractivity contribution is 5.39. The number of hydrogen-bond acceptors (Lipinski definition) is 2. The quantitative estimate of drug-likeness (QED) is 0.623. The highest BCUT2D eigenvalue weighted by atomic mass is 14.9. The van der Waals surface area contributed by atoms with E-state index in [0.29, 0.717) is 11.8 Å². The Morgan fingerprint density at radius 2 is 1.00 bits per heavy atom. The molecule has 2 aromatic carbocycles. The standard InChI is InChI=1S/C24H24N2/c1-3-9-17(10-4-1)19-13-7-15-21-23(19)25-22-16-8-14-20(24(22)26-21)18-11-5-2-6-12-18/h1-6,9-12,19-20H,7-8,13-16H2. The summed E-state index contributed by atoms with van der Waals surface area (Å²) in [6.07, 6.45) is 6.92. The Kier molecular flexibility index (Phi) is 4.05. The largest absolute Gasteiger partial charge is 0.253 e. The molecule has 0 saturated carbocycles. The highest BCUT2D eigenvalue weighted by Gasteiger charge is 2.30. The summed E-state index contributed by atoms with van der Waals surface area (Å²) in [5.74, 6) is 0.824. The molecule has 0 radical (unpaired) electrons. The topological polar surface area (TPSA) is 25.8 Å². The number of nitrogens with zero attached hydrogens (tertiary/aromatic N) is 2. The van der Waals surface area contributed by atoms with Crippen molar-refractivity contribution in [2.45, 2.75) is 50.4 Å². The number of aryl methyl sites for hydroxylation is 2. The zero-order valence-electron chi connectivity index (χ0n) is 15.1. The van der Waals surface area contributed by atoms with Crippen molar-refractivity contribution in [1.82, 2.24) is 9.97 Å². The molecule has 2 aliphatic carbocycles. The second-order valence-electron chi connectivity index (χ2n) is 7.60. The molecular formula is C24H24N2. The Balaban J connectivity index is 1.59. The predicted octanol–water partition coefficient (Wildman–Crippen LogP) is 5.41. The number of aromatic nitrogens is 2. The summed E-state index contributed by atoms with van der Waals surface area (Å²) in [6, 6.07) is 21.7. The Hall–Kier alpha value is -2.48. The Bertz CT molecular complexity index is 825. The summed E-state index contributed by atoms with van der Waals surface area (Å²) in [5, 5.41) is 0. The minimum absolute atomic E-state index is 0.412. The van der Waals surface area contributed by atoms with Crippen LogP contribution in [0.3, 0.4) is 0 Å². The number of fused-ring (bicyclic) bond motifs is 2. The molecule has 0 bridgehead atoms. The van der Waals surface area contributed by atoms with Crippen LogP contribution in [0.2, 0.25) is 0 Å². The van der Waals surface area contributed by atoms with Gasteiger partial charge < -0.3 is 0 Å². The molecule has 0 fully saturated rings. The number of rotatable bonds is 2. The van der Waals surface area contributed by atoms with Gasteiger partial charge in [0.25, 0.3) is 0 Å². The van der Waals surface area contributed by atoms with Gasteiger partial charge in [0.2, 0.25) is 0 Å². The van der Waals surface area contributed by atoms with Gasteiger partial charge in [0, 0.05) is 11.8 Å². The lowest BCUT2D eigenvalue weighted by atomic mass is 9.81. The van der Waals surface area contributed by atoms with Crippen LogP contribution in [0.1, 0.15) is 71.4 Å².